The average Bonchev–Trinajstić information content (AvgIpc) is 3.31. The first-order valence-electron chi connectivity index (χ1n) is 7.48. The summed E-state index contributed by atoms with van der Waals surface area (Å²) in [6, 6.07) is 10.2. The number of aryl methyl sites for hydroxylation is 1. The van der Waals surface area contributed by atoms with Crippen LogP contribution in [-0.4, -0.2) is 33.0 Å². The third-order valence-corrected chi connectivity index (χ3v) is 4.90. The first-order valence-corrected chi connectivity index (χ1v) is 8.36. The summed E-state index contributed by atoms with van der Waals surface area (Å²) < 4.78 is 2.16. The standard InChI is InChI=1S/C16H20N4OS/c1-11(15(21)19(3)13-7-5-4-6-8-13)22-16-18-17-12(2)20(16)14-9-10-14/h4-8,11,14H,9-10H2,1-3H3/t11-/m1/s1. The average molecular weight is 316 g/mol. The van der Waals surface area contributed by atoms with Crippen LogP contribution in [0.3, 0.4) is 0 Å². The van der Waals surface area contributed by atoms with E-state index in [0.717, 1.165) is 16.7 Å². The largest absolute Gasteiger partial charge is 0.315 e. The minimum Gasteiger partial charge on any atom is -0.315 e. The second-order valence-corrected chi connectivity index (χ2v) is 6.93. The molecule has 0 radical (unpaired) electrons. The summed E-state index contributed by atoms with van der Waals surface area (Å²) in [4.78, 5) is 14.3. The zero-order chi connectivity index (χ0) is 15.7. The van der Waals surface area contributed by atoms with E-state index in [2.05, 4.69) is 14.8 Å². The van der Waals surface area contributed by atoms with Gasteiger partial charge in [-0.25, -0.2) is 0 Å². The predicted octanol–water partition coefficient (Wildman–Crippen LogP) is 3.07. The Morgan fingerprint density at radius 1 is 1.32 bits per heavy atom. The first kappa shape index (κ1) is 15.1. The highest BCUT2D eigenvalue weighted by Crippen LogP contribution is 2.39. The molecule has 1 aromatic carbocycles. The normalized spacial score (nSPS) is 15.6. The van der Waals surface area contributed by atoms with Crippen LogP contribution in [0, 0.1) is 6.92 Å². The number of amides is 1. The molecule has 0 spiro atoms. The molecule has 22 heavy (non-hydrogen) atoms. The van der Waals surface area contributed by atoms with Crippen molar-refractivity contribution in [1.29, 1.82) is 0 Å². The molecule has 0 aliphatic heterocycles. The number of thioether (sulfide) groups is 1. The Bertz CT molecular complexity index is 666. The van der Waals surface area contributed by atoms with Gasteiger partial charge in [0.05, 0.1) is 5.25 Å². The third kappa shape index (κ3) is 3.02. The van der Waals surface area contributed by atoms with Gasteiger partial charge in [0.1, 0.15) is 5.82 Å². The number of nitrogens with zero attached hydrogens (tertiary/aromatic N) is 4. The van der Waals surface area contributed by atoms with Crippen LogP contribution in [0.25, 0.3) is 0 Å². The van der Waals surface area contributed by atoms with Crippen LogP contribution < -0.4 is 4.90 Å². The number of carbonyl (C=O) groups is 1. The number of benzene rings is 1. The number of carbonyl (C=O) groups excluding carboxylic acids is 1. The molecule has 0 bridgehead atoms. The SMILES string of the molecule is Cc1nnc(S[C@H](C)C(=O)N(C)c2ccccc2)n1C1CC1. The molecule has 3 rings (SSSR count). The molecule has 1 saturated carbocycles. The van der Waals surface area contributed by atoms with Gasteiger partial charge in [0.15, 0.2) is 5.16 Å². The number of hydrogen-bond donors (Lipinski definition) is 0. The molecule has 0 N–H and O–H groups in total. The van der Waals surface area contributed by atoms with Gasteiger partial charge in [0, 0.05) is 18.8 Å². The highest BCUT2D eigenvalue weighted by Gasteiger charge is 2.30. The van der Waals surface area contributed by atoms with E-state index in [0.29, 0.717) is 6.04 Å². The minimum absolute atomic E-state index is 0.0687. The van der Waals surface area contributed by atoms with Crippen LogP contribution in [0.4, 0.5) is 5.69 Å². The Hall–Kier alpha value is -1.82. The number of rotatable bonds is 5. The van der Waals surface area contributed by atoms with E-state index in [1.54, 1.807) is 4.90 Å². The molecule has 1 amide bonds. The van der Waals surface area contributed by atoms with Gasteiger partial charge in [0.2, 0.25) is 5.91 Å². The van der Waals surface area contributed by atoms with E-state index >= 15 is 0 Å². The fraction of sp³-hybridized carbons (Fsp3) is 0.438. The molecule has 1 aliphatic rings. The third-order valence-electron chi connectivity index (χ3n) is 3.85. The minimum atomic E-state index is -0.202. The summed E-state index contributed by atoms with van der Waals surface area (Å²) in [5, 5.41) is 9.04. The van der Waals surface area contributed by atoms with E-state index in [1.807, 2.05) is 51.2 Å². The molecular formula is C16H20N4OS. The van der Waals surface area contributed by atoms with Crippen LogP contribution in [-0.2, 0) is 4.79 Å². The lowest BCUT2D eigenvalue weighted by atomic mass is 10.3. The molecule has 116 valence electrons. The molecule has 1 aromatic heterocycles. The van der Waals surface area contributed by atoms with Gasteiger partial charge in [-0.1, -0.05) is 30.0 Å². The van der Waals surface area contributed by atoms with Crippen LogP contribution in [0.1, 0.15) is 31.6 Å². The van der Waals surface area contributed by atoms with Gasteiger partial charge < -0.3 is 9.47 Å². The van der Waals surface area contributed by atoms with E-state index < -0.39 is 0 Å². The fourth-order valence-corrected chi connectivity index (χ4v) is 3.50. The van der Waals surface area contributed by atoms with Crippen molar-refractivity contribution < 1.29 is 4.79 Å². The molecular weight excluding hydrogens is 296 g/mol. The fourth-order valence-electron chi connectivity index (χ4n) is 2.44. The van der Waals surface area contributed by atoms with Crippen molar-refractivity contribution in [2.75, 3.05) is 11.9 Å². The van der Waals surface area contributed by atoms with E-state index in [9.17, 15) is 4.79 Å². The molecule has 1 heterocycles. The topological polar surface area (TPSA) is 51.0 Å². The molecule has 6 heteroatoms. The second-order valence-electron chi connectivity index (χ2n) is 5.62. The monoisotopic (exact) mass is 316 g/mol. The lowest BCUT2D eigenvalue weighted by Gasteiger charge is -2.21. The van der Waals surface area contributed by atoms with Gasteiger partial charge in [-0.2, -0.15) is 0 Å². The lowest BCUT2D eigenvalue weighted by Crippen LogP contribution is -2.33. The maximum absolute atomic E-state index is 12.6. The van der Waals surface area contributed by atoms with Crippen LogP contribution in [0.15, 0.2) is 35.5 Å². The van der Waals surface area contributed by atoms with Gasteiger partial charge >= 0.3 is 0 Å². The van der Waals surface area contributed by atoms with Crippen LogP contribution >= 0.6 is 11.8 Å². The van der Waals surface area contributed by atoms with Crippen molar-refractivity contribution >= 4 is 23.4 Å². The summed E-state index contributed by atoms with van der Waals surface area (Å²) in [5.41, 5.74) is 0.903. The summed E-state index contributed by atoms with van der Waals surface area (Å²) in [6.45, 7) is 3.89. The zero-order valence-corrected chi connectivity index (χ0v) is 13.9. The molecule has 1 aliphatic carbocycles. The highest BCUT2D eigenvalue weighted by molar-refractivity contribution is 8.00. The van der Waals surface area contributed by atoms with Crippen molar-refractivity contribution in [3.8, 4) is 0 Å². The van der Waals surface area contributed by atoms with E-state index in [1.165, 1.54) is 24.6 Å². The smallest absolute Gasteiger partial charge is 0.240 e. The molecule has 1 fully saturated rings. The number of para-hydroxylation sites is 1. The molecule has 0 unspecified atom stereocenters. The van der Waals surface area contributed by atoms with Crippen molar-refractivity contribution in [2.45, 2.75) is 43.1 Å². The first-order chi connectivity index (χ1) is 10.6. The Kier molecular flexibility index (Phi) is 4.20. The summed E-state index contributed by atoms with van der Waals surface area (Å²) in [7, 11) is 1.81. The molecule has 1 atom stereocenters. The van der Waals surface area contributed by atoms with Crippen molar-refractivity contribution in [2.24, 2.45) is 0 Å². The number of anilines is 1. The van der Waals surface area contributed by atoms with Crippen LogP contribution in [0.5, 0.6) is 0 Å². The van der Waals surface area contributed by atoms with Gasteiger partial charge in [0.25, 0.3) is 0 Å². The maximum atomic E-state index is 12.6. The Labute approximate surface area is 134 Å². The highest BCUT2D eigenvalue weighted by atomic mass is 32.2. The Morgan fingerprint density at radius 3 is 2.64 bits per heavy atom. The molecule has 0 saturated heterocycles. The van der Waals surface area contributed by atoms with Gasteiger partial charge in [-0.15, -0.1) is 10.2 Å². The number of hydrogen-bond acceptors (Lipinski definition) is 4. The van der Waals surface area contributed by atoms with Gasteiger partial charge in [-0.05, 0) is 38.8 Å². The van der Waals surface area contributed by atoms with Crippen molar-refractivity contribution in [1.82, 2.24) is 14.8 Å². The molecule has 5 nitrogen and oxygen atoms in total. The maximum Gasteiger partial charge on any atom is 0.240 e. The summed E-state index contributed by atoms with van der Waals surface area (Å²) in [5.74, 6) is 1.00. The second kappa shape index (κ2) is 6.12. The summed E-state index contributed by atoms with van der Waals surface area (Å²) in [6.07, 6.45) is 2.36. The lowest BCUT2D eigenvalue weighted by molar-refractivity contribution is -0.117. The zero-order valence-electron chi connectivity index (χ0n) is 13.1. The number of aromatic nitrogens is 3. The van der Waals surface area contributed by atoms with E-state index in [-0.39, 0.29) is 11.2 Å². The van der Waals surface area contributed by atoms with Crippen LogP contribution in [0.2, 0.25) is 0 Å². The quantitative estimate of drug-likeness (QED) is 0.796. The Balaban J connectivity index is 1.71. The predicted molar refractivity (Wildman–Crippen MR) is 88.2 cm³/mol. The van der Waals surface area contributed by atoms with Gasteiger partial charge in [-0.3, -0.25) is 4.79 Å². The summed E-state index contributed by atoms with van der Waals surface area (Å²) >= 11 is 1.49. The Morgan fingerprint density at radius 2 is 2.00 bits per heavy atom. The van der Waals surface area contributed by atoms with Crippen molar-refractivity contribution in [3.63, 3.8) is 0 Å². The van der Waals surface area contributed by atoms with Crippen molar-refractivity contribution in [3.05, 3.63) is 36.2 Å². The molecule has 2 aromatic rings. The van der Waals surface area contributed by atoms with E-state index in [4.69, 9.17) is 0 Å².